The lowest BCUT2D eigenvalue weighted by atomic mass is 9.90. The van der Waals surface area contributed by atoms with Crippen LogP contribution in [-0.2, 0) is 15.9 Å². The predicted octanol–water partition coefficient (Wildman–Crippen LogP) is 6.03. The van der Waals surface area contributed by atoms with Crippen LogP contribution in [0, 0.1) is 5.82 Å². The highest BCUT2D eigenvalue weighted by Crippen LogP contribution is 2.52. The van der Waals surface area contributed by atoms with Crippen molar-refractivity contribution in [2.45, 2.75) is 57.1 Å². The van der Waals surface area contributed by atoms with Gasteiger partial charge in [0.1, 0.15) is 40.5 Å². The fraction of sp³-hybridized carbons (Fsp3) is 0.346. The molecule has 0 unspecified atom stereocenters. The van der Waals surface area contributed by atoms with Crippen LogP contribution in [0.1, 0.15) is 38.8 Å². The largest absolute Gasteiger partial charge is 0.382 e. The Morgan fingerprint density at radius 3 is 2.72 bits per heavy atom. The van der Waals surface area contributed by atoms with E-state index in [1.807, 2.05) is 32.2 Å². The predicted molar refractivity (Wildman–Crippen MR) is 138 cm³/mol. The van der Waals surface area contributed by atoms with E-state index in [0.29, 0.717) is 28.9 Å². The molecule has 2 aliphatic rings. The molecule has 4 aromatic rings. The number of pyridine rings is 1. The average molecular weight is 528 g/mol. The second-order valence-corrected chi connectivity index (χ2v) is 10.7. The SMILES string of the molecule is CC1(C)O[C@H]2[C@H](n3ccc4c(Cl)ncnc43)C=C(CCc3cc(F)c4cc(Cl)c(N)nc4c3)[C@@]2(C)O1. The Kier molecular flexibility index (Phi) is 5.32. The molecule has 0 amide bonds. The lowest BCUT2D eigenvalue weighted by Crippen LogP contribution is -2.38. The van der Waals surface area contributed by atoms with Gasteiger partial charge in [0.2, 0.25) is 0 Å². The number of halogens is 3. The first-order valence-electron chi connectivity index (χ1n) is 11.7. The molecule has 0 bridgehead atoms. The molecule has 1 saturated heterocycles. The maximum Gasteiger partial charge on any atom is 0.164 e. The molecule has 1 fully saturated rings. The van der Waals surface area contributed by atoms with E-state index in [4.69, 9.17) is 38.4 Å². The van der Waals surface area contributed by atoms with Crippen molar-refractivity contribution < 1.29 is 13.9 Å². The van der Waals surface area contributed by atoms with E-state index in [1.165, 1.54) is 18.5 Å². The summed E-state index contributed by atoms with van der Waals surface area (Å²) in [5.41, 5.74) is 8.28. The minimum atomic E-state index is -0.761. The molecule has 7 nitrogen and oxygen atoms in total. The summed E-state index contributed by atoms with van der Waals surface area (Å²) in [7, 11) is 0. The minimum Gasteiger partial charge on any atom is -0.382 e. The van der Waals surface area contributed by atoms with Crippen molar-refractivity contribution in [2.24, 2.45) is 0 Å². The highest BCUT2D eigenvalue weighted by molar-refractivity contribution is 6.34. The lowest BCUT2D eigenvalue weighted by molar-refractivity contribution is -0.158. The smallest absolute Gasteiger partial charge is 0.164 e. The number of aromatic nitrogens is 4. The molecule has 0 spiro atoms. The Bertz CT molecular complexity index is 1570. The maximum absolute atomic E-state index is 14.9. The van der Waals surface area contributed by atoms with E-state index in [1.54, 1.807) is 0 Å². The van der Waals surface area contributed by atoms with Crippen LogP contribution in [0.3, 0.4) is 0 Å². The quantitative estimate of drug-likeness (QED) is 0.257. The minimum absolute atomic E-state index is 0.160. The van der Waals surface area contributed by atoms with Crippen LogP contribution in [0.15, 0.2) is 48.4 Å². The van der Waals surface area contributed by atoms with Crippen molar-refractivity contribution >= 4 is 51.0 Å². The van der Waals surface area contributed by atoms with Gasteiger partial charge in [0, 0.05) is 11.6 Å². The molecule has 1 aromatic carbocycles. The zero-order chi connectivity index (χ0) is 25.4. The van der Waals surface area contributed by atoms with Crippen LogP contribution >= 0.6 is 23.2 Å². The van der Waals surface area contributed by atoms with E-state index in [2.05, 4.69) is 32.5 Å². The number of benzene rings is 1. The van der Waals surface area contributed by atoms with Crippen LogP contribution in [0.5, 0.6) is 0 Å². The number of nitrogen functional groups attached to an aromatic ring is 1. The summed E-state index contributed by atoms with van der Waals surface area (Å²) in [6.45, 7) is 5.88. The monoisotopic (exact) mass is 527 g/mol. The highest BCUT2D eigenvalue weighted by atomic mass is 35.5. The van der Waals surface area contributed by atoms with Crippen LogP contribution in [-0.4, -0.2) is 37.0 Å². The van der Waals surface area contributed by atoms with Gasteiger partial charge in [0.25, 0.3) is 0 Å². The van der Waals surface area contributed by atoms with Gasteiger partial charge >= 0.3 is 0 Å². The van der Waals surface area contributed by atoms with Gasteiger partial charge in [-0.1, -0.05) is 29.3 Å². The van der Waals surface area contributed by atoms with Gasteiger partial charge in [-0.25, -0.2) is 19.3 Å². The lowest BCUT2D eigenvalue weighted by Gasteiger charge is -2.28. The van der Waals surface area contributed by atoms with Gasteiger partial charge in [-0.3, -0.25) is 0 Å². The molecule has 6 rings (SSSR count). The number of hydrogen-bond acceptors (Lipinski definition) is 6. The molecule has 4 heterocycles. The molecule has 10 heteroatoms. The number of rotatable bonds is 4. The summed E-state index contributed by atoms with van der Waals surface area (Å²) in [4.78, 5) is 12.8. The second-order valence-electron chi connectivity index (χ2n) is 9.95. The zero-order valence-corrected chi connectivity index (χ0v) is 21.4. The standard InChI is InChI=1S/C26H24Cl2FN5O2/c1-25(2)35-21-20(34-7-6-15-22(28)31-12-32-24(15)34)10-14(26(21,3)36-25)5-4-13-8-18(29)16-11-17(27)23(30)33-19(16)9-13/h6-12,20-21H,4-5H2,1-3H3,(H2,30,33)/t20-,21+,26-/m1/s1. The Labute approximate surface area is 217 Å². The van der Waals surface area contributed by atoms with E-state index in [9.17, 15) is 4.39 Å². The van der Waals surface area contributed by atoms with Crippen LogP contribution < -0.4 is 5.73 Å². The maximum atomic E-state index is 14.9. The Morgan fingerprint density at radius 1 is 1.11 bits per heavy atom. The van der Waals surface area contributed by atoms with Crippen molar-refractivity contribution in [3.05, 3.63) is 70.0 Å². The molecule has 0 radical (unpaired) electrons. The zero-order valence-electron chi connectivity index (χ0n) is 19.9. The fourth-order valence-electron chi connectivity index (χ4n) is 5.55. The number of nitrogens with two attached hydrogens (primary N) is 1. The molecule has 3 atom stereocenters. The molecular formula is C26H24Cl2FN5O2. The molecule has 36 heavy (non-hydrogen) atoms. The number of anilines is 1. The summed E-state index contributed by atoms with van der Waals surface area (Å²) in [6.07, 6.45) is 6.53. The number of ether oxygens (including phenoxy) is 2. The van der Waals surface area contributed by atoms with Crippen molar-refractivity contribution in [2.75, 3.05) is 5.73 Å². The third-order valence-corrected chi connectivity index (χ3v) is 7.72. The van der Waals surface area contributed by atoms with Crippen LogP contribution in [0.25, 0.3) is 21.9 Å². The van der Waals surface area contributed by atoms with Crippen LogP contribution in [0.4, 0.5) is 10.2 Å². The van der Waals surface area contributed by atoms with Gasteiger partial charge in [0.05, 0.1) is 22.0 Å². The first kappa shape index (κ1) is 23.6. The Balaban J connectivity index is 1.36. The average Bonchev–Trinajstić information content (AvgIpc) is 3.41. The third kappa shape index (κ3) is 3.66. The van der Waals surface area contributed by atoms with Crippen molar-refractivity contribution in [1.82, 2.24) is 19.5 Å². The summed E-state index contributed by atoms with van der Waals surface area (Å²) < 4.78 is 29.8. The first-order valence-corrected chi connectivity index (χ1v) is 12.4. The molecule has 0 saturated carbocycles. The summed E-state index contributed by atoms with van der Waals surface area (Å²) in [6, 6.07) is 6.64. The van der Waals surface area contributed by atoms with Gasteiger partial charge < -0.3 is 19.8 Å². The van der Waals surface area contributed by atoms with Gasteiger partial charge in [-0.15, -0.1) is 0 Å². The number of aryl methyl sites for hydroxylation is 1. The topological polar surface area (TPSA) is 88.1 Å². The molecule has 1 aliphatic carbocycles. The van der Waals surface area contributed by atoms with E-state index in [-0.39, 0.29) is 28.8 Å². The van der Waals surface area contributed by atoms with E-state index >= 15 is 0 Å². The molecule has 2 N–H and O–H groups in total. The third-order valence-electron chi connectivity index (χ3n) is 7.12. The molecule has 3 aromatic heterocycles. The van der Waals surface area contributed by atoms with Gasteiger partial charge in [0.15, 0.2) is 5.79 Å². The summed E-state index contributed by atoms with van der Waals surface area (Å²) >= 11 is 12.3. The van der Waals surface area contributed by atoms with Crippen LogP contribution in [0.2, 0.25) is 10.2 Å². The summed E-state index contributed by atoms with van der Waals surface area (Å²) in [5.74, 6) is -0.960. The molecule has 186 valence electrons. The van der Waals surface area contributed by atoms with Crippen molar-refractivity contribution in [3.63, 3.8) is 0 Å². The second kappa shape index (κ2) is 8.11. The van der Waals surface area contributed by atoms with E-state index in [0.717, 1.165) is 22.2 Å². The number of nitrogens with zero attached hydrogens (tertiary/aromatic N) is 4. The Hall–Kier alpha value is -2.78. The van der Waals surface area contributed by atoms with Crippen molar-refractivity contribution in [3.8, 4) is 0 Å². The van der Waals surface area contributed by atoms with Gasteiger partial charge in [-0.2, -0.15) is 0 Å². The Morgan fingerprint density at radius 2 is 1.92 bits per heavy atom. The van der Waals surface area contributed by atoms with E-state index < -0.39 is 11.4 Å². The fourth-order valence-corrected chi connectivity index (χ4v) is 5.90. The van der Waals surface area contributed by atoms with Gasteiger partial charge in [-0.05, 0) is 69.0 Å². The number of fused-ring (bicyclic) bond motifs is 3. The molecular weight excluding hydrogens is 504 g/mol. The highest BCUT2D eigenvalue weighted by Gasteiger charge is 2.58. The van der Waals surface area contributed by atoms with Crippen molar-refractivity contribution in [1.29, 1.82) is 0 Å². The number of hydrogen-bond donors (Lipinski definition) is 1. The first-order chi connectivity index (χ1) is 17.1. The summed E-state index contributed by atoms with van der Waals surface area (Å²) in [5, 5.41) is 1.76. The normalized spacial score (nSPS) is 25.0. The molecule has 1 aliphatic heterocycles.